The molecule has 0 bridgehead atoms. The lowest BCUT2D eigenvalue weighted by atomic mass is 9.74. The summed E-state index contributed by atoms with van der Waals surface area (Å²) >= 11 is 0. The van der Waals surface area contributed by atoms with Gasteiger partial charge in [-0.2, -0.15) is 26.3 Å². The topological polar surface area (TPSA) is 49.9 Å². The zero-order valence-electron chi connectivity index (χ0n) is 23.7. The van der Waals surface area contributed by atoms with Gasteiger partial charge in [0.25, 0.3) is 0 Å². The molecular weight excluding hydrogens is 581 g/mol. The Bertz CT molecular complexity index is 1300. The molecule has 3 aliphatic heterocycles. The number of carbonyl (C=O) groups excluding carboxylic acids is 2. The van der Waals surface area contributed by atoms with E-state index in [0.717, 1.165) is 12.8 Å². The first-order valence-corrected chi connectivity index (χ1v) is 14.4. The lowest BCUT2D eigenvalue weighted by molar-refractivity contribution is -0.143. The molecular formula is C31H33F7N2O3. The molecule has 3 heterocycles. The highest BCUT2D eigenvalue weighted by Crippen LogP contribution is 2.47. The Morgan fingerprint density at radius 1 is 0.930 bits per heavy atom. The molecule has 2 amide bonds. The molecule has 43 heavy (non-hydrogen) atoms. The maximum atomic E-state index is 13.9. The van der Waals surface area contributed by atoms with Crippen LogP contribution in [0.3, 0.4) is 0 Å². The molecule has 0 aromatic heterocycles. The minimum absolute atomic E-state index is 0.00810. The third kappa shape index (κ3) is 6.68. The number of piperidine rings is 2. The van der Waals surface area contributed by atoms with E-state index in [1.165, 1.54) is 26.0 Å². The number of nitrogens with zero attached hydrogens (tertiary/aromatic N) is 2. The number of hydrogen-bond donors (Lipinski definition) is 0. The molecule has 12 heteroatoms. The second-order valence-electron chi connectivity index (χ2n) is 11.9. The standard InChI is InChI=1S/C31H33F7N2O3/c1-17(21-11-23(30(33,34)35)15-24(12-21)31(36,37)38)43-27-16-40-26(29(27)20-3-5-25(32)6-4-20)13-22(14-28(40)42)19-7-9-39(10-8-19)18(2)41/h3-6,11-12,15,17,19,22,26-27,29H,7-10,13-14,16H2,1-2H3/t17-,22?,26?,27?,29+/m1/s1. The van der Waals surface area contributed by atoms with E-state index < -0.39 is 47.4 Å². The Labute approximate surface area is 245 Å². The molecule has 5 rings (SSSR count). The van der Waals surface area contributed by atoms with E-state index in [9.17, 15) is 40.3 Å². The molecule has 0 saturated carbocycles. The number of halogens is 7. The molecule has 3 fully saturated rings. The van der Waals surface area contributed by atoms with Crippen LogP contribution in [0.4, 0.5) is 30.7 Å². The lowest BCUT2D eigenvalue weighted by Crippen LogP contribution is -2.47. The number of fused-ring (bicyclic) bond motifs is 1. The van der Waals surface area contributed by atoms with Gasteiger partial charge in [-0.1, -0.05) is 12.1 Å². The van der Waals surface area contributed by atoms with Crippen molar-refractivity contribution in [2.75, 3.05) is 19.6 Å². The van der Waals surface area contributed by atoms with E-state index in [2.05, 4.69) is 0 Å². The summed E-state index contributed by atoms with van der Waals surface area (Å²) < 4.78 is 101. The van der Waals surface area contributed by atoms with Crippen LogP contribution >= 0.6 is 0 Å². The summed E-state index contributed by atoms with van der Waals surface area (Å²) in [5.41, 5.74) is -2.47. The highest BCUT2D eigenvalue weighted by molar-refractivity contribution is 5.78. The van der Waals surface area contributed by atoms with Crippen LogP contribution in [0, 0.1) is 17.7 Å². The molecule has 3 unspecified atom stereocenters. The third-order valence-corrected chi connectivity index (χ3v) is 9.26. The van der Waals surface area contributed by atoms with E-state index >= 15 is 0 Å². The Kier molecular flexibility index (Phi) is 8.54. The van der Waals surface area contributed by atoms with Crippen LogP contribution in [-0.2, 0) is 26.7 Å². The van der Waals surface area contributed by atoms with E-state index in [-0.39, 0.29) is 47.9 Å². The van der Waals surface area contributed by atoms with Gasteiger partial charge in [0.1, 0.15) is 5.82 Å². The molecule has 0 N–H and O–H groups in total. The first kappa shape index (κ1) is 31.3. The van der Waals surface area contributed by atoms with Crippen molar-refractivity contribution in [3.05, 3.63) is 70.5 Å². The number of likely N-dealkylation sites (tertiary alicyclic amines) is 1. The van der Waals surface area contributed by atoms with Crippen molar-refractivity contribution in [2.45, 2.75) is 76.1 Å². The predicted octanol–water partition coefficient (Wildman–Crippen LogP) is 6.97. The van der Waals surface area contributed by atoms with Crippen LogP contribution in [0.15, 0.2) is 42.5 Å². The summed E-state index contributed by atoms with van der Waals surface area (Å²) in [6, 6.07) is 6.76. The molecule has 5 atom stereocenters. The number of rotatable bonds is 5. The second-order valence-corrected chi connectivity index (χ2v) is 11.9. The normalized spacial score (nSPS) is 26.0. The van der Waals surface area contributed by atoms with Gasteiger partial charge in [0.2, 0.25) is 11.8 Å². The Balaban J connectivity index is 1.43. The van der Waals surface area contributed by atoms with Gasteiger partial charge >= 0.3 is 12.4 Å². The van der Waals surface area contributed by atoms with Gasteiger partial charge in [0, 0.05) is 44.9 Å². The fourth-order valence-electron chi connectivity index (χ4n) is 7.03. The number of hydrogen-bond acceptors (Lipinski definition) is 3. The molecule has 2 aromatic rings. The monoisotopic (exact) mass is 614 g/mol. The molecule has 5 nitrogen and oxygen atoms in total. The third-order valence-electron chi connectivity index (χ3n) is 9.26. The van der Waals surface area contributed by atoms with Crippen LogP contribution in [-0.4, -0.2) is 53.4 Å². The molecule has 0 radical (unpaired) electrons. The van der Waals surface area contributed by atoms with Crippen molar-refractivity contribution >= 4 is 11.8 Å². The van der Waals surface area contributed by atoms with Crippen LogP contribution in [0.1, 0.15) is 73.8 Å². The highest BCUT2D eigenvalue weighted by Gasteiger charge is 2.50. The van der Waals surface area contributed by atoms with Crippen LogP contribution in [0.2, 0.25) is 0 Å². The molecule has 3 saturated heterocycles. The summed E-state index contributed by atoms with van der Waals surface area (Å²) in [7, 11) is 0. The zero-order valence-corrected chi connectivity index (χ0v) is 23.7. The quantitative estimate of drug-likeness (QED) is 0.342. The van der Waals surface area contributed by atoms with Gasteiger partial charge in [-0.05, 0) is 79.5 Å². The maximum Gasteiger partial charge on any atom is 0.416 e. The van der Waals surface area contributed by atoms with Crippen LogP contribution < -0.4 is 0 Å². The molecule has 3 aliphatic rings. The average molecular weight is 615 g/mol. The van der Waals surface area contributed by atoms with Gasteiger partial charge in [0.15, 0.2) is 0 Å². The lowest BCUT2D eigenvalue weighted by Gasteiger charge is -2.42. The minimum atomic E-state index is -5.00. The average Bonchev–Trinajstić information content (AvgIpc) is 3.30. The Morgan fingerprint density at radius 3 is 2.05 bits per heavy atom. The molecule has 234 valence electrons. The zero-order chi connectivity index (χ0) is 31.3. The van der Waals surface area contributed by atoms with E-state index in [4.69, 9.17) is 4.74 Å². The van der Waals surface area contributed by atoms with Crippen molar-refractivity contribution in [1.29, 1.82) is 0 Å². The van der Waals surface area contributed by atoms with Crippen molar-refractivity contribution in [3.63, 3.8) is 0 Å². The Hall–Kier alpha value is -3.15. The van der Waals surface area contributed by atoms with Crippen LogP contribution in [0.25, 0.3) is 0 Å². The predicted molar refractivity (Wildman–Crippen MR) is 142 cm³/mol. The number of amides is 2. The number of benzene rings is 2. The summed E-state index contributed by atoms with van der Waals surface area (Å²) in [6.07, 6.45) is -9.46. The van der Waals surface area contributed by atoms with Crippen molar-refractivity contribution < 1.29 is 45.1 Å². The smallest absolute Gasteiger partial charge is 0.368 e. The van der Waals surface area contributed by atoms with E-state index in [0.29, 0.717) is 43.6 Å². The Morgan fingerprint density at radius 2 is 1.51 bits per heavy atom. The highest BCUT2D eigenvalue weighted by atomic mass is 19.4. The number of alkyl halides is 6. The van der Waals surface area contributed by atoms with E-state index in [1.54, 1.807) is 21.9 Å². The van der Waals surface area contributed by atoms with Crippen LogP contribution in [0.5, 0.6) is 0 Å². The summed E-state index contributed by atoms with van der Waals surface area (Å²) in [6.45, 7) is 4.25. The van der Waals surface area contributed by atoms with Crippen molar-refractivity contribution in [3.8, 4) is 0 Å². The fourth-order valence-corrected chi connectivity index (χ4v) is 7.03. The van der Waals surface area contributed by atoms with Crippen molar-refractivity contribution in [2.24, 2.45) is 11.8 Å². The summed E-state index contributed by atoms with van der Waals surface area (Å²) in [4.78, 5) is 28.7. The maximum absolute atomic E-state index is 13.9. The first-order chi connectivity index (χ1) is 20.1. The first-order valence-electron chi connectivity index (χ1n) is 14.4. The van der Waals surface area contributed by atoms with Gasteiger partial charge in [0.05, 0.1) is 23.3 Å². The minimum Gasteiger partial charge on any atom is -0.368 e. The van der Waals surface area contributed by atoms with E-state index in [1.807, 2.05) is 0 Å². The molecule has 0 spiro atoms. The number of carbonyl (C=O) groups is 2. The van der Waals surface area contributed by atoms with Gasteiger partial charge in [-0.25, -0.2) is 4.39 Å². The second kappa shape index (κ2) is 11.7. The number of ether oxygens (including phenoxy) is 1. The van der Waals surface area contributed by atoms with Gasteiger partial charge in [-0.3, -0.25) is 9.59 Å². The fraction of sp³-hybridized carbons (Fsp3) is 0.548. The summed E-state index contributed by atoms with van der Waals surface area (Å²) in [5, 5.41) is 0. The SMILES string of the molecule is CC(=O)N1CCC(C2CC(=O)N3CC(O[C@H](C)c4cc(C(F)(F)F)cc(C(F)(F)F)c4)[C@@H](c4ccc(F)cc4)C3C2)CC1. The summed E-state index contributed by atoms with van der Waals surface area (Å²) in [5.74, 6) is -0.767. The largest absolute Gasteiger partial charge is 0.416 e. The molecule has 0 aliphatic carbocycles. The molecule has 2 aromatic carbocycles. The van der Waals surface area contributed by atoms with Crippen molar-refractivity contribution in [1.82, 2.24) is 9.80 Å². The van der Waals surface area contributed by atoms with Gasteiger partial charge < -0.3 is 14.5 Å². The van der Waals surface area contributed by atoms with Gasteiger partial charge in [-0.15, -0.1) is 0 Å².